The number of fused-ring (bicyclic) bond motifs is 6. The van der Waals surface area contributed by atoms with Gasteiger partial charge in [-0.05, 0) is 154 Å². The number of para-hydroxylation sites is 1. The standard InChI is InChI=1S/C85H131N19O19S/c1-48(2)34-63(80(120)97-62(77(88)117)23-33-124-9)98-81(121)65(37-55-39-89-47-92-55)96-71(109)41-91-82(122)76(49(3)4)99-78(118)51(6)93-79(119)64(35-52-42-104(66-13-11-10-12-56(52)66)83(123)61(86)19-20-68(87)106)95-69(107)21-14-50(5)58-17-18-59-57-16-15-53-36-54(22-24-84(53,7)60(57)38-67(105)85(58,59)8)94-70(108)40-90-72(110)43-100-25-27-101(44-73(111)112)29-31-103(46-75(115)116)32-30-102(28-26-100)45-74(113)114/h10-13,39,42,47-51,53-54,57-65,76H,14-38,40-41,43-46,86H2,1-9H3,(H2,87,106)(H2,88,117)(H,89,92)(H,90,110)(H,91,122)(H,93,119)(H,94,108)(H,95,107)(H,96,109)(H,97,120)(H,98,121)(H,99,118)(H,111,112)(H,113,114)(H,115,116)/t50-,51+,53-,54+,57?,58-,59?,60?,61+,62+,63+,64+,65+,76+,84+,85-/m1/s1. The summed E-state index contributed by atoms with van der Waals surface area (Å²) in [5.41, 5.74) is 17.8. The molecule has 0 bridgehead atoms. The van der Waals surface area contributed by atoms with E-state index in [1.165, 1.54) is 42.0 Å². The van der Waals surface area contributed by atoms with Gasteiger partial charge in [0.15, 0.2) is 0 Å². The minimum Gasteiger partial charge on any atom is -0.480 e. The summed E-state index contributed by atoms with van der Waals surface area (Å²) in [6.07, 6.45) is 12.3. The van der Waals surface area contributed by atoms with Crippen molar-refractivity contribution < 1.29 is 92.0 Å². The van der Waals surface area contributed by atoms with Crippen molar-refractivity contribution in [3.8, 4) is 0 Å². The molecular weight excluding hydrogens is 1620 g/mol. The molecule has 1 aliphatic heterocycles. The van der Waals surface area contributed by atoms with Crippen molar-refractivity contribution in [2.75, 3.05) is 104 Å². The minimum atomic E-state index is -1.38. The number of nitrogens with two attached hydrogens (primary N) is 3. The number of Topliss-reactive ketones (excluding diaryl/α,β-unsaturated/α-hetero) is 1. The molecule has 1 aromatic carbocycles. The van der Waals surface area contributed by atoms with Crippen LogP contribution in [0.25, 0.3) is 10.9 Å². The van der Waals surface area contributed by atoms with Gasteiger partial charge in [0, 0.05) is 119 Å². The molecule has 5 aliphatic rings. The van der Waals surface area contributed by atoms with Gasteiger partial charge in [-0.3, -0.25) is 101 Å². The molecule has 2 aromatic heterocycles. The number of carboxylic acids is 3. The van der Waals surface area contributed by atoms with E-state index in [1.807, 2.05) is 20.1 Å². The van der Waals surface area contributed by atoms with Gasteiger partial charge in [-0.1, -0.05) is 66.7 Å². The van der Waals surface area contributed by atoms with Crippen LogP contribution in [0.5, 0.6) is 0 Å². The Morgan fingerprint density at radius 3 is 1.77 bits per heavy atom. The van der Waals surface area contributed by atoms with Crippen LogP contribution < -0.4 is 65.1 Å². The van der Waals surface area contributed by atoms with Crippen LogP contribution >= 0.6 is 11.8 Å². The molecule has 686 valence electrons. The maximum atomic E-state index is 15.1. The summed E-state index contributed by atoms with van der Waals surface area (Å²) in [5.74, 6) is -10.6. The quantitative estimate of drug-likeness (QED) is 0.0346. The third kappa shape index (κ3) is 28.0. The summed E-state index contributed by atoms with van der Waals surface area (Å²) in [5, 5.41) is 54.1. The predicted octanol–water partition coefficient (Wildman–Crippen LogP) is -0.301. The third-order valence-electron chi connectivity index (χ3n) is 26.1. The molecule has 38 nitrogen and oxygen atoms in total. The highest BCUT2D eigenvalue weighted by Crippen LogP contribution is 2.67. The van der Waals surface area contributed by atoms with E-state index in [-0.39, 0.29) is 195 Å². The van der Waals surface area contributed by atoms with Crippen LogP contribution in [-0.4, -0.2) is 296 Å². The number of hydrogen-bond acceptors (Lipinski definition) is 23. The van der Waals surface area contributed by atoms with Gasteiger partial charge < -0.3 is 85.4 Å². The molecule has 39 heteroatoms. The summed E-state index contributed by atoms with van der Waals surface area (Å²) < 4.78 is 1.33. The highest BCUT2D eigenvalue weighted by Gasteiger charge is 2.64. The van der Waals surface area contributed by atoms with Crippen LogP contribution in [0.2, 0.25) is 0 Å². The molecule has 124 heavy (non-hydrogen) atoms. The number of aliphatic carboxylic acids is 3. The second-order valence-electron chi connectivity index (χ2n) is 35.7. The molecule has 3 heterocycles. The zero-order chi connectivity index (χ0) is 91.0. The zero-order valence-corrected chi connectivity index (χ0v) is 73.7. The normalized spacial score (nSPS) is 23.6. The molecule has 19 N–H and O–H groups in total. The number of ketones is 1. The Kier molecular flexibility index (Phi) is 37.1. The van der Waals surface area contributed by atoms with E-state index >= 15 is 4.79 Å². The Balaban J connectivity index is 0.878. The van der Waals surface area contributed by atoms with E-state index in [0.29, 0.717) is 53.6 Å². The molecule has 0 radical (unpaired) electrons. The molecule has 8 rings (SSSR count). The van der Waals surface area contributed by atoms with E-state index in [0.717, 1.165) is 32.1 Å². The van der Waals surface area contributed by atoms with E-state index < -0.39 is 143 Å². The average molecular weight is 1760 g/mol. The number of thioether (sulfide) groups is 1. The monoisotopic (exact) mass is 1750 g/mol. The summed E-state index contributed by atoms with van der Waals surface area (Å²) in [4.78, 5) is 228. The lowest BCUT2D eigenvalue weighted by Gasteiger charge is -2.60. The van der Waals surface area contributed by atoms with E-state index in [4.69, 9.17) is 17.2 Å². The summed E-state index contributed by atoms with van der Waals surface area (Å²) in [6.45, 7) is 14.6. The number of carbonyl (C=O) groups is 16. The Bertz CT molecular complexity index is 4250. The Hall–Kier alpha value is -9.96. The molecule has 0 spiro atoms. The Morgan fingerprint density at radius 2 is 1.19 bits per heavy atom. The largest absolute Gasteiger partial charge is 0.480 e. The molecule has 4 aliphatic carbocycles. The number of nitrogens with zero attached hydrogens (tertiary/aromatic N) is 6. The lowest BCUT2D eigenvalue weighted by Crippen LogP contribution is -2.59. The number of hydrogen-bond donors (Lipinski definition) is 16. The highest BCUT2D eigenvalue weighted by atomic mass is 32.2. The van der Waals surface area contributed by atoms with Crippen molar-refractivity contribution in [3.63, 3.8) is 0 Å². The van der Waals surface area contributed by atoms with Crippen molar-refractivity contribution in [2.24, 2.45) is 75.4 Å². The average Bonchev–Trinajstić information content (AvgIpc) is 1.43. The molecular formula is C85H131N19O19S. The molecule has 4 saturated carbocycles. The van der Waals surface area contributed by atoms with Gasteiger partial charge in [0.2, 0.25) is 70.9 Å². The first-order chi connectivity index (χ1) is 58.7. The lowest BCUT2D eigenvalue weighted by molar-refractivity contribution is -0.158. The van der Waals surface area contributed by atoms with Gasteiger partial charge in [-0.2, -0.15) is 11.8 Å². The Morgan fingerprint density at radius 1 is 0.605 bits per heavy atom. The van der Waals surface area contributed by atoms with Crippen molar-refractivity contribution in [2.45, 2.75) is 206 Å². The Labute approximate surface area is 727 Å². The van der Waals surface area contributed by atoms with E-state index in [1.54, 1.807) is 57.7 Å². The number of benzene rings is 1. The van der Waals surface area contributed by atoms with E-state index in [9.17, 15) is 87.2 Å². The van der Waals surface area contributed by atoms with Crippen LogP contribution in [0.4, 0.5) is 0 Å². The molecule has 1 saturated heterocycles. The van der Waals surface area contributed by atoms with Crippen LogP contribution in [-0.2, 0) is 84.8 Å². The number of amides is 11. The van der Waals surface area contributed by atoms with Crippen LogP contribution in [0.1, 0.15) is 161 Å². The first kappa shape index (κ1) is 99.5. The van der Waals surface area contributed by atoms with Gasteiger partial charge in [-0.15, -0.1) is 0 Å². The number of H-pyrrole nitrogens is 1. The molecule has 16 atom stereocenters. The highest BCUT2D eigenvalue weighted by molar-refractivity contribution is 7.98. The fraction of sp³-hybridized carbons (Fsp3) is 0.682. The number of nitrogens with one attached hydrogen (secondary N) is 10. The van der Waals surface area contributed by atoms with Crippen LogP contribution in [0.15, 0.2) is 43.0 Å². The van der Waals surface area contributed by atoms with Gasteiger partial charge in [-0.25, -0.2) is 4.98 Å². The fourth-order valence-electron chi connectivity index (χ4n) is 19.3. The van der Waals surface area contributed by atoms with Gasteiger partial charge in [0.25, 0.3) is 0 Å². The van der Waals surface area contributed by atoms with Crippen molar-refractivity contribution >= 4 is 117 Å². The number of imidazole rings is 1. The SMILES string of the molecule is CSCC[C@H](NC(=O)[C@H](CC(C)C)NC(=O)[C@H](Cc1cnc[nH]1)NC(=O)CNC(=O)[C@@H](NC(=O)[C@H](C)NC(=O)[C@H](Cc1cn(C(=O)[C@@H](N)CCC(N)=O)c2ccccc12)NC(=O)CC[C@@H](C)[C@H]1CCC2C3CC[C@@H]4C[C@@H](NC(=O)CNC(=O)CN5CCN(CC(=O)O)CCN(CC(=O)O)CCN(CC(=O)O)CC5)CC[C@]4(C)C3CC(=O)[C@@]21C)C(C)C)C(N)=O. The van der Waals surface area contributed by atoms with Gasteiger partial charge in [0.1, 0.15) is 42.0 Å². The zero-order valence-electron chi connectivity index (χ0n) is 72.9. The molecule has 3 aromatic rings. The topological polar surface area (TPSA) is 567 Å². The first-order valence-electron chi connectivity index (χ1n) is 43.3. The molecule has 5 fully saturated rings. The number of rotatable bonds is 43. The predicted molar refractivity (Wildman–Crippen MR) is 459 cm³/mol. The number of carbonyl (C=O) groups excluding carboxylic acids is 13. The third-order valence-corrected chi connectivity index (χ3v) is 26.7. The van der Waals surface area contributed by atoms with Crippen molar-refractivity contribution in [1.29, 1.82) is 0 Å². The van der Waals surface area contributed by atoms with Crippen molar-refractivity contribution in [3.05, 3.63) is 54.2 Å². The molecule has 11 amide bonds. The maximum Gasteiger partial charge on any atom is 0.317 e. The number of carboxylic acid groups (broad SMARTS) is 3. The lowest BCUT2D eigenvalue weighted by atomic mass is 9.44. The number of aromatic amines is 1. The maximum absolute atomic E-state index is 15.1. The second-order valence-corrected chi connectivity index (χ2v) is 36.7. The smallest absolute Gasteiger partial charge is 0.317 e. The molecule has 3 unspecified atom stereocenters. The van der Waals surface area contributed by atoms with Crippen LogP contribution in [0, 0.1) is 58.2 Å². The summed E-state index contributed by atoms with van der Waals surface area (Å²) in [7, 11) is 0. The number of primary amides is 2. The summed E-state index contributed by atoms with van der Waals surface area (Å²) in [6, 6.07) is -1.93. The fourth-order valence-corrected chi connectivity index (χ4v) is 19.8. The van der Waals surface area contributed by atoms with E-state index in [2.05, 4.69) is 78.6 Å². The minimum absolute atomic E-state index is 0.0462. The summed E-state index contributed by atoms with van der Waals surface area (Å²) >= 11 is 1.46. The van der Waals surface area contributed by atoms with Gasteiger partial charge in [0.05, 0.1) is 57.2 Å². The second kappa shape index (κ2) is 46.3. The van der Waals surface area contributed by atoms with Crippen molar-refractivity contribution in [1.82, 2.24) is 82.0 Å². The van der Waals surface area contributed by atoms with Crippen LogP contribution in [0.3, 0.4) is 0 Å². The first-order valence-corrected chi connectivity index (χ1v) is 44.7. The number of aromatic nitrogens is 3. The van der Waals surface area contributed by atoms with Gasteiger partial charge >= 0.3 is 17.9 Å².